The SMILES string of the molecule is O=C(O)c1ccc(Oc2ccc(Cl)c(Cl)c2)cc1. The molecular formula is C13H8Cl2O3. The summed E-state index contributed by atoms with van der Waals surface area (Å²) in [5.41, 5.74) is 0.205. The van der Waals surface area contributed by atoms with Gasteiger partial charge in [-0.1, -0.05) is 23.2 Å². The molecular weight excluding hydrogens is 275 g/mol. The first-order valence-corrected chi connectivity index (χ1v) is 5.78. The van der Waals surface area contributed by atoms with Gasteiger partial charge in [0.2, 0.25) is 0 Å². The zero-order chi connectivity index (χ0) is 13.1. The first-order valence-electron chi connectivity index (χ1n) is 5.02. The van der Waals surface area contributed by atoms with Crippen LogP contribution in [0.1, 0.15) is 10.4 Å². The van der Waals surface area contributed by atoms with Gasteiger partial charge >= 0.3 is 5.97 Å². The Morgan fingerprint density at radius 3 is 2.11 bits per heavy atom. The molecule has 0 atom stereocenters. The van der Waals surface area contributed by atoms with Crippen molar-refractivity contribution in [3.05, 3.63) is 58.1 Å². The van der Waals surface area contributed by atoms with E-state index >= 15 is 0 Å². The van der Waals surface area contributed by atoms with E-state index in [-0.39, 0.29) is 5.56 Å². The first kappa shape index (κ1) is 12.7. The molecule has 5 heteroatoms. The van der Waals surface area contributed by atoms with Crippen LogP contribution in [0.3, 0.4) is 0 Å². The fraction of sp³-hybridized carbons (Fsp3) is 0. The molecule has 0 amide bonds. The van der Waals surface area contributed by atoms with Gasteiger partial charge in [-0.3, -0.25) is 0 Å². The maximum atomic E-state index is 10.7. The molecule has 1 N–H and O–H groups in total. The predicted molar refractivity (Wildman–Crippen MR) is 69.9 cm³/mol. The number of carbonyl (C=O) groups is 1. The van der Waals surface area contributed by atoms with Crippen LogP contribution in [0, 0.1) is 0 Å². The van der Waals surface area contributed by atoms with Crippen LogP contribution in [0.15, 0.2) is 42.5 Å². The quantitative estimate of drug-likeness (QED) is 0.903. The van der Waals surface area contributed by atoms with Crippen LogP contribution in [0.2, 0.25) is 10.0 Å². The third-order valence-corrected chi connectivity index (χ3v) is 2.97. The maximum Gasteiger partial charge on any atom is 0.335 e. The molecule has 0 aliphatic carbocycles. The largest absolute Gasteiger partial charge is 0.478 e. The predicted octanol–water partition coefficient (Wildman–Crippen LogP) is 4.48. The number of aromatic carboxylic acids is 1. The van der Waals surface area contributed by atoms with Crippen molar-refractivity contribution in [2.45, 2.75) is 0 Å². The molecule has 0 aromatic heterocycles. The lowest BCUT2D eigenvalue weighted by Crippen LogP contribution is -1.95. The second kappa shape index (κ2) is 5.29. The third-order valence-electron chi connectivity index (χ3n) is 2.23. The number of benzene rings is 2. The molecule has 3 nitrogen and oxygen atoms in total. The summed E-state index contributed by atoms with van der Waals surface area (Å²) in [6.45, 7) is 0. The molecule has 2 rings (SSSR count). The molecule has 0 aliphatic heterocycles. The van der Waals surface area contributed by atoms with Crippen LogP contribution < -0.4 is 4.74 Å². The summed E-state index contributed by atoms with van der Waals surface area (Å²) in [5, 5.41) is 9.61. The number of ether oxygens (including phenoxy) is 1. The van der Waals surface area contributed by atoms with Gasteiger partial charge in [-0.25, -0.2) is 4.79 Å². The molecule has 0 spiro atoms. The van der Waals surface area contributed by atoms with Gasteiger partial charge in [0, 0.05) is 6.07 Å². The molecule has 0 fully saturated rings. The van der Waals surface area contributed by atoms with Crippen LogP contribution in [-0.2, 0) is 0 Å². The number of carboxylic acid groups (broad SMARTS) is 1. The molecule has 2 aromatic rings. The van der Waals surface area contributed by atoms with Gasteiger partial charge < -0.3 is 9.84 Å². The molecule has 0 heterocycles. The number of carboxylic acids is 1. The molecule has 0 saturated carbocycles. The molecule has 0 aliphatic rings. The van der Waals surface area contributed by atoms with Crippen molar-refractivity contribution in [1.29, 1.82) is 0 Å². The topological polar surface area (TPSA) is 46.5 Å². The monoisotopic (exact) mass is 282 g/mol. The molecule has 0 saturated heterocycles. The Labute approximate surface area is 114 Å². The van der Waals surface area contributed by atoms with Crippen molar-refractivity contribution < 1.29 is 14.6 Å². The fourth-order valence-electron chi connectivity index (χ4n) is 1.34. The van der Waals surface area contributed by atoms with Gasteiger partial charge in [0.1, 0.15) is 11.5 Å². The molecule has 2 aromatic carbocycles. The summed E-state index contributed by atoms with van der Waals surface area (Å²) in [7, 11) is 0. The van der Waals surface area contributed by atoms with Crippen LogP contribution in [0.4, 0.5) is 0 Å². The van der Waals surface area contributed by atoms with Crippen molar-refractivity contribution in [2.75, 3.05) is 0 Å². The van der Waals surface area contributed by atoms with Gasteiger partial charge in [0.25, 0.3) is 0 Å². The van der Waals surface area contributed by atoms with E-state index in [1.165, 1.54) is 12.1 Å². The van der Waals surface area contributed by atoms with Crippen molar-refractivity contribution in [3.63, 3.8) is 0 Å². The normalized spacial score (nSPS) is 10.1. The highest BCUT2D eigenvalue weighted by atomic mass is 35.5. The highest BCUT2D eigenvalue weighted by molar-refractivity contribution is 6.42. The van der Waals surface area contributed by atoms with Crippen LogP contribution in [-0.4, -0.2) is 11.1 Å². The zero-order valence-corrected chi connectivity index (χ0v) is 10.6. The summed E-state index contributed by atoms with van der Waals surface area (Å²) in [6.07, 6.45) is 0. The van der Waals surface area contributed by atoms with Crippen LogP contribution >= 0.6 is 23.2 Å². The Morgan fingerprint density at radius 2 is 1.56 bits per heavy atom. The van der Waals surface area contributed by atoms with Crippen molar-refractivity contribution in [3.8, 4) is 11.5 Å². The van der Waals surface area contributed by atoms with E-state index in [0.717, 1.165) is 0 Å². The summed E-state index contributed by atoms with van der Waals surface area (Å²) in [4.78, 5) is 10.7. The second-order valence-corrected chi connectivity index (χ2v) is 4.32. The summed E-state index contributed by atoms with van der Waals surface area (Å²) >= 11 is 11.6. The summed E-state index contributed by atoms with van der Waals surface area (Å²) in [6, 6.07) is 11.0. The first-order chi connectivity index (χ1) is 8.56. The maximum absolute atomic E-state index is 10.7. The molecule has 0 radical (unpaired) electrons. The van der Waals surface area contributed by atoms with E-state index < -0.39 is 5.97 Å². The number of halogens is 2. The van der Waals surface area contributed by atoms with Gasteiger partial charge in [0.15, 0.2) is 0 Å². The average Bonchev–Trinajstić information content (AvgIpc) is 2.34. The average molecular weight is 283 g/mol. The standard InChI is InChI=1S/C13H8Cl2O3/c14-11-6-5-10(7-12(11)15)18-9-3-1-8(2-4-9)13(16)17/h1-7H,(H,16,17). The Bertz CT molecular complexity index is 579. The van der Waals surface area contributed by atoms with Crippen molar-refractivity contribution in [2.24, 2.45) is 0 Å². The highest BCUT2D eigenvalue weighted by Crippen LogP contribution is 2.29. The Kier molecular flexibility index (Phi) is 3.75. The number of hydrogen-bond donors (Lipinski definition) is 1. The van der Waals surface area contributed by atoms with Crippen LogP contribution in [0.5, 0.6) is 11.5 Å². The highest BCUT2D eigenvalue weighted by Gasteiger charge is 2.04. The lowest BCUT2D eigenvalue weighted by Gasteiger charge is -2.06. The van der Waals surface area contributed by atoms with Crippen LogP contribution in [0.25, 0.3) is 0 Å². The molecule has 92 valence electrons. The van der Waals surface area contributed by atoms with Crippen molar-refractivity contribution >= 4 is 29.2 Å². The lowest BCUT2D eigenvalue weighted by molar-refractivity contribution is 0.0697. The van der Waals surface area contributed by atoms with E-state index in [1.54, 1.807) is 30.3 Å². The number of hydrogen-bond acceptors (Lipinski definition) is 2. The molecule has 18 heavy (non-hydrogen) atoms. The van der Waals surface area contributed by atoms with Gasteiger partial charge in [-0.05, 0) is 36.4 Å². The van der Waals surface area contributed by atoms with Gasteiger partial charge in [0.05, 0.1) is 15.6 Å². The smallest absolute Gasteiger partial charge is 0.335 e. The van der Waals surface area contributed by atoms with Gasteiger partial charge in [-0.15, -0.1) is 0 Å². The van der Waals surface area contributed by atoms with Gasteiger partial charge in [-0.2, -0.15) is 0 Å². The van der Waals surface area contributed by atoms with E-state index in [4.69, 9.17) is 33.0 Å². The fourth-order valence-corrected chi connectivity index (χ4v) is 1.63. The van der Waals surface area contributed by atoms with E-state index in [2.05, 4.69) is 0 Å². The molecule has 0 unspecified atom stereocenters. The van der Waals surface area contributed by atoms with E-state index in [1.807, 2.05) is 0 Å². The third kappa shape index (κ3) is 2.94. The Balaban J connectivity index is 2.18. The Hall–Kier alpha value is -1.71. The Morgan fingerprint density at radius 1 is 0.944 bits per heavy atom. The lowest BCUT2D eigenvalue weighted by atomic mass is 10.2. The minimum Gasteiger partial charge on any atom is -0.478 e. The summed E-state index contributed by atoms with van der Waals surface area (Å²) in [5.74, 6) is 0.0851. The van der Waals surface area contributed by atoms with E-state index in [0.29, 0.717) is 21.5 Å². The summed E-state index contributed by atoms with van der Waals surface area (Å²) < 4.78 is 5.51. The van der Waals surface area contributed by atoms with E-state index in [9.17, 15) is 4.79 Å². The van der Waals surface area contributed by atoms with Crippen molar-refractivity contribution in [1.82, 2.24) is 0 Å². The minimum atomic E-state index is -0.976. The number of rotatable bonds is 3. The zero-order valence-electron chi connectivity index (χ0n) is 9.06. The molecule has 0 bridgehead atoms. The minimum absolute atomic E-state index is 0.205. The second-order valence-electron chi connectivity index (χ2n) is 3.51.